The van der Waals surface area contributed by atoms with Crippen molar-refractivity contribution >= 4 is 0 Å². The summed E-state index contributed by atoms with van der Waals surface area (Å²) in [6, 6.07) is -0.0736. The first-order valence-corrected chi connectivity index (χ1v) is 5.55. The van der Waals surface area contributed by atoms with E-state index in [1.54, 1.807) is 0 Å². The first-order chi connectivity index (χ1) is 7.50. The summed E-state index contributed by atoms with van der Waals surface area (Å²) in [5, 5.41) is 9.81. The van der Waals surface area contributed by atoms with Crippen LogP contribution in [-0.4, -0.2) is 14.7 Å². The van der Waals surface area contributed by atoms with Gasteiger partial charge in [0.1, 0.15) is 0 Å². The maximum Gasteiger partial charge on any atom is 0.331 e. The van der Waals surface area contributed by atoms with Crippen LogP contribution in [0.15, 0.2) is 9.59 Å². The minimum absolute atomic E-state index is 0.0736. The Labute approximate surface area is 92.7 Å². The Balaban J connectivity index is 2.42. The van der Waals surface area contributed by atoms with Crippen LogP contribution in [0, 0.1) is 12.8 Å². The fourth-order valence-corrected chi connectivity index (χ4v) is 1.98. The average Bonchev–Trinajstić information content (AvgIpc) is 2.98. The van der Waals surface area contributed by atoms with Crippen molar-refractivity contribution in [1.29, 1.82) is 0 Å². The van der Waals surface area contributed by atoms with E-state index in [9.17, 15) is 14.7 Å². The van der Waals surface area contributed by atoms with Crippen molar-refractivity contribution < 1.29 is 5.11 Å². The molecule has 0 aromatic carbocycles. The number of hydrogen-bond acceptors (Lipinski definition) is 3. The van der Waals surface area contributed by atoms with Gasteiger partial charge in [-0.15, -0.1) is 0 Å². The number of aromatic amines is 1. The maximum atomic E-state index is 11.6. The van der Waals surface area contributed by atoms with Crippen LogP contribution < -0.4 is 11.2 Å². The minimum atomic E-state index is -0.527. The Morgan fingerprint density at radius 2 is 2.12 bits per heavy atom. The molecule has 1 saturated carbocycles. The second-order valence-corrected chi connectivity index (χ2v) is 4.61. The lowest BCUT2D eigenvalue weighted by molar-refractivity contribution is 0.351. The van der Waals surface area contributed by atoms with Gasteiger partial charge >= 0.3 is 5.69 Å². The highest BCUT2D eigenvalue weighted by Gasteiger charge is 2.26. The monoisotopic (exact) mass is 224 g/mol. The van der Waals surface area contributed by atoms with Gasteiger partial charge in [-0.3, -0.25) is 14.3 Å². The van der Waals surface area contributed by atoms with E-state index in [4.69, 9.17) is 0 Å². The molecule has 1 unspecified atom stereocenters. The van der Waals surface area contributed by atoms with Crippen molar-refractivity contribution in [3.63, 3.8) is 0 Å². The van der Waals surface area contributed by atoms with E-state index in [-0.39, 0.29) is 17.5 Å². The maximum absolute atomic E-state index is 11.6. The van der Waals surface area contributed by atoms with Crippen molar-refractivity contribution in [2.75, 3.05) is 0 Å². The molecule has 0 radical (unpaired) electrons. The lowest BCUT2D eigenvalue weighted by Gasteiger charge is -2.16. The van der Waals surface area contributed by atoms with Crippen LogP contribution in [0.2, 0.25) is 0 Å². The zero-order chi connectivity index (χ0) is 11.9. The van der Waals surface area contributed by atoms with Gasteiger partial charge < -0.3 is 5.11 Å². The topological polar surface area (TPSA) is 75.1 Å². The molecular weight excluding hydrogens is 208 g/mol. The zero-order valence-electron chi connectivity index (χ0n) is 9.49. The highest BCUT2D eigenvalue weighted by Crippen LogP contribution is 2.37. The van der Waals surface area contributed by atoms with E-state index in [1.807, 2.05) is 6.92 Å². The molecule has 2 rings (SSSR count). The zero-order valence-corrected chi connectivity index (χ0v) is 9.49. The van der Waals surface area contributed by atoms with Gasteiger partial charge in [0.15, 0.2) is 0 Å². The van der Waals surface area contributed by atoms with Crippen LogP contribution in [0.1, 0.15) is 37.8 Å². The molecule has 5 nitrogen and oxygen atoms in total. The minimum Gasteiger partial charge on any atom is -0.494 e. The molecule has 16 heavy (non-hydrogen) atoms. The Hall–Kier alpha value is -1.52. The van der Waals surface area contributed by atoms with Gasteiger partial charge in [-0.05, 0) is 26.2 Å². The number of aromatic nitrogens is 2. The largest absolute Gasteiger partial charge is 0.494 e. The van der Waals surface area contributed by atoms with Crippen molar-refractivity contribution in [1.82, 2.24) is 9.55 Å². The molecule has 1 atom stereocenters. The standard InChI is InChI=1S/C11H16N2O3/c1-6(5-8-3-4-8)13-10(15)7(2)9(14)12-11(13)16/h6,8,15H,3-5H2,1-2H3,(H,12,14,16). The Morgan fingerprint density at radius 3 is 2.69 bits per heavy atom. The molecule has 1 aliphatic rings. The quantitative estimate of drug-likeness (QED) is 0.801. The summed E-state index contributed by atoms with van der Waals surface area (Å²) in [6.07, 6.45) is 3.27. The molecule has 88 valence electrons. The van der Waals surface area contributed by atoms with Gasteiger partial charge in [-0.2, -0.15) is 0 Å². The van der Waals surface area contributed by atoms with E-state index < -0.39 is 11.2 Å². The summed E-state index contributed by atoms with van der Waals surface area (Å²) in [6.45, 7) is 3.39. The third-order valence-corrected chi connectivity index (χ3v) is 3.16. The highest BCUT2D eigenvalue weighted by molar-refractivity contribution is 5.21. The normalized spacial score (nSPS) is 17.4. The molecule has 2 N–H and O–H groups in total. The first kappa shape index (κ1) is 11.0. The van der Waals surface area contributed by atoms with E-state index in [2.05, 4.69) is 4.98 Å². The number of nitrogens with zero attached hydrogens (tertiary/aromatic N) is 1. The summed E-state index contributed by atoms with van der Waals surface area (Å²) in [5.74, 6) is 0.454. The van der Waals surface area contributed by atoms with Crippen LogP contribution in [0.4, 0.5) is 0 Å². The predicted molar refractivity (Wildman–Crippen MR) is 59.8 cm³/mol. The number of H-pyrrole nitrogens is 1. The lowest BCUT2D eigenvalue weighted by atomic mass is 10.1. The van der Waals surface area contributed by atoms with Crippen LogP contribution in [0.5, 0.6) is 5.88 Å². The lowest BCUT2D eigenvalue weighted by Crippen LogP contribution is -2.33. The highest BCUT2D eigenvalue weighted by atomic mass is 16.3. The second kappa shape index (κ2) is 3.81. The van der Waals surface area contributed by atoms with Gasteiger partial charge in [0.25, 0.3) is 5.56 Å². The second-order valence-electron chi connectivity index (χ2n) is 4.61. The number of aromatic hydroxyl groups is 1. The summed E-state index contributed by atoms with van der Waals surface area (Å²) in [7, 11) is 0. The van der Waals surface area contributed by atoms with Crippen molar-refractivity contribution in [3.05, 3.63) is 26.4 Å². The first-order valence-electron chi connectivity index (χ1n) is 5.55. The van der Waals surface area contributed by atoms with Crippen LogP contribution in [0.25, 0.3) is 0 Å². The molecule has 1 aromatic heterocycles. The summed E-state index contributed by atoms with van der Waals surface area (Å²) < 4.78 is 1.27. The SMILES string of the molecule is Cc1c(O)n(C(C)CC2CC2)c(=O)[nH]c1=O. The van der Waals surface area contributed by atoms with Gasteiger partial charge in [0, 0.05) is 6.04 Å². The molecule has 1 aliphatic carbocycles. The van der Waals surface area contributed by atoms with Crippen molar-refractivity contribution in [2.24, 2.45) is 5.92 Å². The number of hydrogen-bond donors (Lipinski definition) is 2. The summed E-state index contributed by atoms with van der Waals surface area (Å²) in [5.41, 5.74) is -0.846. The number of rotatable bonds is 3. The molecular formula is C11H16N2O3. The fourth-order valence-electron chi connectivity index (χ4n) is 1.98. The molecule has 0 saturated heterocycles. The van der Waals surface area contributed by atoms with E-state index >= 15 is 0 Å². The molecule has 5 heteroatoms. The molecule has 1 aromatic rings. The van der Waals surface area contributed by atoms with Gasteiger partial charge in [0.05, 0.1) is 5.56 Å². The molecule has 1 heterocycles. The van der Waals surface area contributed by atoms with E-state index in [0.29, 0.717) is 5.92 Å². The van der Waals surface area contributed by atoms with Gasteiger partial charge in [-0.1, -0.05) is 12.8 Å². The average molecular weight is 224 g/mol. The smallest absolute Gasteiger partial charge is 0.331 e. The predicted octanol–water partition coefficient (Wildman–Crippen LogP) is 0.912. The molecule has 0 bridgehead atoms. The van der Waals surface area contributed by atoms with Crippen molar-refractivity contribution in [3.8, 4) is 5.88 Å². The van der Waals surface area contributed by atoms with E-state index in [0.717, 1.165) is 6.42 Å². The third-order valence-electron chi connectivity index (χ3n) is 3.16. The van der Waals surface area contributed by atoms with Crippen LogP contribution in [0.3, 0.4) is 0 Å². The molecule has 0 spiro atoms. The van der Waals surface area contributed by atoms with Crippen molar-refractivity contribution in [2.45, 2.75) is 39.2 Å². The molecule has 0 aliphatic heterocycles. The Kier molecular flexibility index (Phi) is 2.61. The molecule has 1 fully saturated rings. The number of nitrogens with one attached hydrogen (secondary N) is 1. The fraction of sp³-hybridized carbons (Fsp3) is 0.636. The van der Waals surface area contributed by atoms with Gasteiger partial charge in [0.2, 0.25) is 5.88 Å². The van der Waals surface area contributed by atoms with E-state index in [1.165, 1.54) is 24.3 Å². The van der Waals surface area contributed by atoms with Crippen LogP contribution >= 0.6 is 0 Å². The Morgan fingerprint density at radius 1 is 1.50 bits per heavy atom. The molecule has 0 amide bonds. The third kappa shape index (κ3) is 1.89. The summed E-state index contributed by atoms with van der Waals surface area (Å²) >= 11 is 0. The van der Waals surface area contributed by atoms with Gasteiger partial charge in [-0.25, -0.2) is 4.79 Å². The Bertz CT molecular complexity index is 511. The van der Waals surface area contributed by atoms with Crippen LogP contribution in [-0.2, 0) is 0 Å². The summed E-state index contributed by atoms with van der Waals surface area (Å²) in [4.78, 5) is 25.1.